The molecule has 6 nitrogen and oxygen atoms in total. The highest BCUT2D eigenvalue weighted by Gasteiger charge is 2.47. The summed E-state index contributed by atoms with van der Waals surface area (Å²) < 4.78 is 26.7. The molecule has 2 aliphatic rings. The number of hydrogen-bond acceptors (Lipinski definition) is 4. The fourth-order valence-corrected chi connectivity index (χ4v) is 5.51. The topological polar surface area (TPSA) is 92.5 Å². The van der Waals surface area contributed by atoms with Crippen LogP contribution in [0.15, 0.2) is 0 Å². The minimum Gasteiger partial charge on any atom is -0.392 e. The van der Waals surface area contributed by atoms with Gasteiger partial charge < -0.3 is 11.1 Å². The molecule has 2 saturated heterocycles. The molecular weight excluding hydrogens is 286 g/mol. The van der Waals surface area contributed by atoms with Gasteiger partial charge in [-0.1, -0.05) is 19.1 Å². The molecule has 0 aromatic heterocycles. The Morgan fingerprint density at radius 3 is 2.89 bits per heavy atom. The van der Waals surface area contributed by atoms with Crippen LogP contribution >= 0.6 is 12.2 Å². The summed E-state index contributed by atoms with van der Waals surface area (Å²) in [5.41, 5.74) is 5.55. The first-order valence-corrected chi connectivity index (χ1v) is 8.38. The van der Waals surface area contributed by atoms with Crippen molar-refractivity contribution in [2.45, 2.75) is 37.5 Å². The lowest BCUT2D eigenvalue weighted by Crippen LogP contribution is -2.53. The highest BCUT2D eigenvalue weighted by atomic mass is 32.2. The number of nitrogens with two attached hydrogens (primary N) is 1. The van der Waals surface area contributed by atoms with Gasteiger partial charge in [0, 0.05) is 13.1 Å². The minimum atomic E-state index is -3.58. The van der Waals surface area contributed by atoms with Crippen LogP contribution in [0.25, 0.3) is 0 Å². The van der Waals surface area contributed by atoms with E-state index in [1.807, 2.05) is 0 Å². The van der Waals surface area contributed by atoms with Crippen molar-refractivity contribution in [3.8, 4) is 0 Å². The van der Waals surface area contributed by atoms with Crippen LogP contribution in [0.2, 0.25) is 0 Å². The molecule has 3 unspecified atom stereocenters. The summed E-state index contributed by atoms with van der Waals surface area (Å²) in [6, 6.07) is -0.283. The number of fused-ring (bicyclic) bond motifs is 1. The largest absolute Gasteiger partial charge is 0.392 e. The molecule has 2 heterocycles. The van der Waals surface area contributed by atoms with Crippen molar-refractivity contribution in [2.75, 3.05) is 13.1 Å². The van der Waals surface area contributed by atoms with Crippen molar-refractivity contribution in [1.82, 2.24) is 9.62 Å². The third-order valence-electron chi connectivity index (χ3n) is 3.92. The molecule has 1 amide bonds. The van der Waals surface area contributed by atoms with E-state index in [1.165, 1.54) is 4.31 Å². The third-order valence-corrected chi connectivity index (χ3v) is 6.77. The Morgan fingerprint density at radius 2 is 2.32 bits per heavy atom. The summed E-state index contributed by atoms with van der Waals surface area (Å²) in [6.45, 7) is 2.58. The average Bonchev–Trinajstić information content (AvgIpc) is 2.71. The second-order valence-corrected chi connectivity index (χ2v) is 7.56. The molecular formula is C11H19N3O3S2. The minimum absolute atomic E-state index is 0.00176. The number of sulfonamides is 1. The quantitative estimate of drug-likeness (QED) is 0.689. The van der Waals surface area contributed by atoms with Gasteiger partial charge in [0.25, 0.3) is 0 Å². The zero-order valence-electron chi connectivity index (χ0n) is 10.8. The predicted molar refractivity (Wildman–Crippen MR) is 76.0 cm³/mol. The van der Waals surface area contributed by atoms with Crippen LogP contribution < -0.4 is 11.1 Å². The van der Waals surface area contributed by atoms with Gasteiger partial charge in [0.15, 0.2) is 0 Å². The van der Waals surface area contributed by atoms with Gasteiger partial charge in [-0.25, -0.2) is 8.42 Å². The Labute approximate surface area is 118 Å². The molecule has 2 fully saturated rings. The van der Waals surface area contributed by atoms with E-state index in [-0.39, 0.29) is 22.9 Å². The lowest BCUT2D eigenvalue weighted by molar-refractivity contribution is -0.123. The smallest absolute Gasteiger partial charge is 0.224 e. The first kappa shape index (κ1) is 14.7. The molecule has 2 aliphatic heterocycles. The predicted octanol–water partition coefficient (Wildman–Crippen LogP) is -0.409. The van der Waals surface area contributed by atoms with E-state index < -0.39 is 15.3 Å². The van der Waals surface area contributed by atoms with Crippen molar-refractivity contribution < 1.29 is 13.2 Å². The first-order valence-electron chi connectivity index (χ1n) is 6.47. The molecule has 8 heteroatoms. The number of hydrogen-bond donors (Lipinski definition) is 2. The van der Waals surface area contributed by atoms with E-state index in [2.05, 4.69) is 5.32 Å². The Bertz CT molecular complexity index is 491. The summed E-state index contributed by atoms with van der Waals surface area (Å²) in [6.07, 6.45) is 1.79. The lowest BCUT2D eigenvalue weighted by Gasteiger charge is -2.36. The standard InChI is InChI=1S/C11H19N3O3S2/c1-2-9(10(12)18)19(16,17)14-5-3-4-7-8(14)6-13-11(7)15/h7-9H,2-6H2,1H3,(H2,12,18)(H,13,15). The molecule has 3 atom stereocenters. The number of carbonyl (C=O) groups excluding carboxylic acids is 1. The maximum atomic E-state index is 12.6. The molecule has 2 rings (SSSR count). The number of amides is 1. The second-order valence-electron chi connectivity index (χ2n) is 5.02. The van der Waals surface area contributed by atoms with E-state index in [0.717, 1.165) is 6.42 Å². The fraction of sp³-hybridized carbons (Fsp3) is 0.818. The van der Waals surface area contributed by atoms with Gasteiger partial charge in [0.1, 0.15) is 5.25 Å². The van der Waals surface area contributed by atoms with E-state index >= 15 is 0 Å². The third kappa shape index (κ3) is 2.48. The van der Waals surface area contributed by atoms with Gasteiger partial charge in [-0.2, -0.15) is 4.31 Å². The van der Waals surface area contributed by atoms with Gasteiger partial charge in [0.05, 0.1) is 16.9 Å². The highest BCUT2D eigenvalue weighted by molar-refractivity contribution is 7.92. The van der Waals surface area contributed by atoms with Crippen LogP contribution in [-0.4, -0.2) is 48.0 Å². The number of carbonyl (C=O) groups is 1. The normalized spacial score (nSPS) is 29.6. The Morgan fingerprint density at radius 1 is 1.63 bits per heavy atom. The first-order chi connectivity index (χ1) is 8.89. The van der Waals surface area contributed by atoms with Crippen molar-refractivity contribution >= 4 is 33.1 Å². The average molecular weight is 305 g/mol. The maximum Gasteiger partial charge on any atom is 0.224 e. The monoisotopic (exact) mass is 305 g/mol. The zero-order chi connectivity index (χ0) is 14.2. The summed E-state index contributed by atoms with van der Waals surface area (Å²) in [5, 5.41) is 1.90. The van der Waals surface area contributed by atoms with Crippen molar-refractivity contribution in [2.24, 2.45) is 11.7 Å². The molecule has 108 valence electrons. The van der Waals surface area contributed by atoms with Gasteiger partial charge in [0.2, 0.25) is 15.9 Å². The molecule has 0 bridgehead atoms. The van der Waals surface area contributed by atoms with E-state index in [4.69, 9.17) is 18.0 Å². The summed E-state index contributed by atoms with van der Waals surface area (Å²) in [5.74, 6) is -0.277. The number of piperidine rings is 1. The highest BCUT2D eigenvalue weighted by Crippen LogP contribution is 2.31. The molecule has 0 aromatic carbocycles. The van der Waals surface area contributed by atoms with Gasteiger partial charge >= 0.3 is 0 Å². The van der Waals surface area contributed by atoms with Crippen molar-refractivity contribution in [3.63, 3.8) is 0 Å². The van der Waals surface area contributed by atoms with E-state index in [9.17, 15) is 13.2 Å². The van der Waals surface area contributed by atoms with Crippen molar-refractivity contribution in [3.05, 3.63) is 0 Å². The zero-order valence-corrected chi connectivity index (χ0v) is 12.5. The number of rotatable bonds is 4. The fourth-order valence-electron chi connectivity index (χ4n) is 2.95. The SMILES string of the molecule is CCC(C(N)=S)S(=O)(=O)N1CCCC2C(=O)NCC21. The van der Waals surface area contributed by atoms with E-state index in [0.29, 0.717) is 25.9 Å². The molecule has 0 aliphatic carbocycles. The van der Waals surface area contributed by atoms with Crippen LogP contribution in [-0.2, 0) is 14.8 Å². The Kier molecular flexibility index (Phi) is 4.12. The molecule has 0 spiro atoms. The van der Waals surface area contributed by atoms with Gasteiger partial charge in [-0.05, 0) is 19.3 Å². The summed E-state index contributed by atoms with van der Waals surface area (Å²) in [7, 11) is -3.58. The molecule has 0 saturated carbocycles. The van der Waals surface area contributed by atoms with Crippen LogP contribution in [0, 0.1) is 5.92 Å². The molecule has 3 N–H and O–H groups in total. The van der Waals surface area contributed by atoms with Gasteiger partial charge in [-0.15, -0.1) is 0 Å². The number of nitrogens with zero attached hydrogens (tertiary/aromatic N) is 1. The second kappa shape index (κ2) is 5.34. The van der Waals surface area contributed by atoms with Crippen molar-refractivity contribution in [1.29, 1.82) is 0 Å². The van der Waals surface area contributed by atoms with Crippen LogP contribution in [0.5, 0.6) is 0 Å². The maximum absolute atomic E-state index is 12.6. The molecule has 0 aromatic rings. The lowest BCUT2D eigenvalue weighted by atomic mass is 9.93. The summed E-state index contributed by atoms with van der Waals surface area (Å²) >= 11 is 4.87. The molecule has 0 radical (unpaired) electrons. The number of thiocarbonyl (C=S) groups is 1. The van der Waals surface area contributed by atoms with Crippen LogP contribution in [0.1, 0.15) is 26.2 Å². The van der Waals surface area contributed by atoms with E-state index in [1.54, 1.807) is 6.92 Å². The molecule has 19 heavy (non-hydrogen) atoms. The van der Waals surface area contributed by atoms with Crippen LogP contribution in [0.3, 0.4) is 0 Å². The Balaban J connectivity index is 2.29. The summed E-state index contributed by atoms with van der Waals surface area (Å²) in [4.78, 5) is 11.7. The Hall–Kier alpha value is -0.730. The van der Waals surface area contributed by atoms with Gasteiger partial charge in [-0.3, -0.25) is 4.79 Å². The van der Waals surface area contributed by atoms with Crippen LogP contribution in [0.4, 0.5) is 0 Å². The number of nitrogens with one attached hydrogen (secondary N) is 1.